The highest BCUT2D eigenvalue weighted by Gasteiger charge is 2.22. The maximum absolute atomic E-state index is 12.3. The highest BCUT2D eigenvalue weighted by atomic mass is 32.2. The Morgan fingerprint density at radius 2 is 2.00 bits per heavy atom. The number of amides is 1. The van der Waals surface area contributed by atoms with Crippen molar-refractivity contribution in [2.24, 2.45) is 0 Å². The molecule has 1 aromatic heterocycles. The van der Waals surface area contributed by atoms with Crippen LogP contribution in [0.2, 0.25) is 0 Å². The van der Waals surface area contributed by atoms with Crippen LogP contribution < -0.4 is 10.1 Å². The van der Waals surface area contributed by atoms with Crippen molar-refractivity contribution in [1.82, 2.24) is 15.5 Å². The third kappa shape index (κ3) is 4.81. The minimum atomic E-state index is -3.51. The summed E-state index contributed by atoms with van der Waals surface area (Å²) in [5, 5.41) is 6.60. The Labute approximate surface area is 152 Å². The van der Waals surface area contributed by atoms with Crippen molar-refractivity contribution in [2.45, 2.75) is 37.5 Å². The molecule has 0 unspecified atom stereocenters. The molecular formula is C17H23N3O5S. The zero-order chi connectivity index (χ0) is 19.5. The van der Waals surface area contributed by atoms with Gasteiger partial charge in [0.2, 0.25) is 5.89 Å². The van der Waals surface area contributed by atoms with Crippen LogP contribution >= 0.6 is 0 Å². The largest absolute Gasteiger partial charge is 0.495 e. The highest BCUT2D eigenvalue weighted by Crippen LogP contribution is 2.24. The Morgan fingerprint density at radius 3 is 2.54 bits per heavy atom. The Hall–Kier alpha value is -2.42. The summed E-state index contributed by atoms with van der Waals surface area (Å²) in [6.45, 7) is 6.20. The zero-order valence-corrected chi connectivity index (χ0v) is 16.3. The molecule has 142 valence electrons. The van der Waals surface area contributed by atoms with Crippen molar-refractivity contribution in [3.8, 4) is 5.75 Å². The molecule has 1 N–H and O–H groups in total. The number of nitrogens with one attached hydrogen (secondary N) is 1. The van der Waals surface area contributed by atoms with Crippen molar-refractivity contribution >= 4 is 15.7 Å². The van der Waals surface area contributed by atoms with Crippen LogP contribution in [0.3, 0.4) is 0 Å². The molecule has 1 amide bonds. The maximum Gasteiger partial charge on any atom is 0.251 e. The molecule has 8 nitrogen and oxygen atoms in total. The van der Waals surface area contributed by atoms with E-state index in [0.29, 0.717) is 24.7 Å². The Morgan fingerprint density at radius 1 is 1.31 bits per heavy atom. The number of methoxy groups -OCH3 is 1. The second-order valence-electron chi connectivity index (χ2n) is 6.91. The Balaban J connectivity index is 2.03. The quantitative estimate of drug-likeness (QED) is 0.811. The SMILES string of the molecule is COc1ccc(C(=O)NCCc2noc(C(C)(C)C)n2)cc1S(C)(=O)=O. The van der Waals surface area contributed by atoms with Gasteiger partial charge in [0.1, 0.15) is 10.6 Å². The van der Waals surface area contributed by atoms with Gasteiger partial charge in [-0.15, -0.1) is 0 Å². The van der Waals surface area contributed by atoms with Gasteiger partial charge < -0.3 is 14.6 Å². The van der Waals surface area contributed by atoms with E-state index in [2.05, 4.69) is 15.5 Å². The summed E-state index contributed by atoms with van der Waals surface area (Å²) in [5.74, 6) is 0.844. The van der Waals surface area contributed by atoms with E-state index in [0.717, 1.165) is 6.26 Å². The lowest BCUT2D eigenvalue weighted by molar-refractivity contribution is 0.0953. The number of carbonyl (C=O) groups excluding carboxylic acids is 1. The summed E-state index contributed by atoms with van der Waals surface area (Å²) in [6, 6.07) is 4.27. The average Bonchev–Trinajstić information content (AvgIpc) is 3.02. The van der Waals surface area contributed by atoms with Gasteiger partial charge in [0, 0.05) is 30.2 Å². The molecule has 26 heavy (non-hydrogen) atoms. The maximum atomic E-state index is 12.3. The van der Waals surface area contributed by atoms with Crippen molar-refractivity contribution in [2.75, 3.05) is 19.9 Å². The first-order valence-electron chi connectivity index (χ1n) is 8.01. The molecular weight excluding hydrogens is 358 g/mol. The van der Waals surface area contributed by atoms with Crippen molar-refractivity contribution in [3.05, 3.63) is 35.5 Å². The molecule has 1 heterocycles. The van der Waals surface area contributed by atoms with Crippen molar-refractivity contribution in [1.29, 1.82) is 0 Å². The summed E-state index contributed by atoms with van der Waals surface area (Å²) >= 11 is 0. The van der Waals surface area contributed by atoms with Gasteiger partial charge in [0.25, 0.3) is 5.91 Å². The van der Waals surface area contributed by atoms with Crippen LogP contribution in [-0.4, -0.2) is 44.4 Å². The third-order valence-corrected chi connectivity index (χ3v) is 4.69. The van der Waals surface area contributed by atoms with Crippen LogP contribution in [0.5, 0.6) is 5.75 Å². The normalized spacial score (nSPS) is 12.0. The fourth-order valence-corrected chi connectivity index (χ4v) is 3.02. The number of ether oxygens (including phenoxy) is 1. The molecule has 0 saturated heterocycles. The summed E-state index contributed by atoms with van der Waals surface area (Å²) in [5.41, 5.74) is -0.00525. The Bertz CT molecular complexity index is 897. The molecule has 0 aliphatic carbocycles. The predicted molar refractivity (Wildman–Crippen MR) is 95.1 cm³/mol. The summed E-state index contributed by atoms with van der Waals surface area (Å²) in [6.07, 6.45) is 1.47. The minimum absolute atomic E-state index is 0.0272. The molecule has 2 aromatic rings. The fourth-order valence-electron chi connectivity index (χ4n) is 2.16. The van der Waals surface area contributed by atoms with Crippen LogP contribution in [0.25, 0.3) is 0 Å². The molecule has 0 atom stereocenters. The monoisotopic (exact) mass is 381 g/mol. The van der Waals surface area contributed by atoms with Crippen LogP contribution in [0.4, 0.5) is 0 Å². The molecule has 0 saturated carbocycles. The van der Waals surface area contributed by atoms with Crippen LogP contribution in [0.15, 0.2) is 27.6 Å². The lowest BCUT2D eigenvalue weighted by Crippen LogP contribution is -2.26. The number of benzene rings is 1. The van der Waals surface area contributed by atoms with E-state index in [4.69, 9.17) is 9.26 Å². The molecule has 1 aromatic carbocycles. The lowest BCUT2D eigenvalue weighted by atomic mass is 9.97. The molecule has 0 bridgehead atoms. The van der Waals surface area contributed by atoms with E-state index in [1.54, 1.807) is 0 Å². The first kappa shape index (κ1) is 19.9. The molecule has 0 radical (unpaired) electrons. The van der Waals surface area contributed by atoms with Gasteiger partial charge in [0.05, 0.1) is 7.11 Å². The second-order valence-corrected chi connectivity index (χ2v) is 8.89. The first-order valence-corrected chi connectivity index (χ1v) is 9.91. The highest BCUT2D eigenvalue weighted by molar-refractivity contribution is 7.90. The molecule has 9 heteroatoms. The number of sulfone groups is 1. The van der Waals surface area contributed by atoms with Gasteiger partial charge in [0.15, 0.2) is 15.7 Å². The summed E-state index contributed by atoms with van der Waals surface area (Å²) < 4.78 is 33.9. The summed E-state index contributed by atoms with van der Waals surface area (Å²) in [7, 11) is -2.14. The van der Waals surface area contributed by atoms with E-state index in [1.807, 2.05) is 20.8 Å². The predicted octanol–water partition coefficient (Wildman–Crippen LogP) is 1.75. The average molecular weight is 381 g/mol. The van der Waals surface area contributed by atoms with E-state index in [1.165, 1.54) is 25.3 Å². The topological polar surface area (TPSA) is 111 Å². The zero-order valence-electron chi connectivity index (χ0n) is 15.5. The van der Waals surface area contributed by atoms with E-state index < -0.39 is 15.7 Å². The van der Waals surface area contributed by atoms with E-state index >= 15 is 0 Å². The first-order chi connectivity index (χ1) is 12.0. The van der Waals surface area contributed by atoms with Gasteiger partial charge in [-0.05, 0) is 18.2 Å². The smallest absolute Gasteiger partial charge is 0.251 e. The van der Waals surface area contributed by atoms with Gasteiger partial charge in [-0.25, -0.2) is 8.42 Å². The van der Waals surface area contributed by atoms with Crippen molar-refractivity contribution < 1.29 is 22.5 Å². The number of nitrogens with zero attached hydrogens (tertiary/aromatic N) is 2. The van der Waals surface area contributed by atoms with Crippen LogP contribution in [-0.2, 0) is 21.7 Å². The van der Waals surface area contributed by atoms with E-state index in [-0.39, 0.29) is 21.6 Å². The second kappa shape index (κ2) is 7.45. The number of rotatable bonds is 6. The molecule has 0 aliphatic heterocycles. The van der Waals surface area contributed by atoms with Gasteiger partial charge >= 0.3 is 0 Å². The van der Waals surface area contributed by atoms with Gasteiger partial charge in [-0.2, -0.15) is 4.98 Å². The number of hydrogen-bond acceptors (Lipinski definition) is 7. The van der Waals surface area contributed by atoms with Gasteiger partial charge in [-0.3, -0.25) is 4.79 Å². The summed E-state index contributed by atoms with van der Waals surface area (Å²) in [4.78, 5) is 16.5. The minimum Gasteiger partial charge on any atom is -0.495 e. The Kier molecular flexibility index (Phi) is 5.70. The molecule has 0 spiro atoms. The standard InChI is InChI=1S/C17H23N3O5S/c1-17(2,3)16-19-14(20-25-16)8-9-18-15(21)11-6-7-12(24-4)13(10-11)26(5,22)23/h6-7,10H,8-9H2,1-5H3,(H,18,21). The third-order valence-electron chi connectivity index (χ3n) is 3.57. The van der Waals surface area contributed by atoms with Gasteiger partial charge in [-0.1, -0.05) is 25.9 Å². The van der Waals surface area contributed by atoms with Crippen molar-refractivity contribution in [3.63, 3.8) is 0 Å². The molecule has 2 rings (SSSR count). The van der Waals surface area contributed by atoms with E-state index in [9.17, 15) is 13.2 Å². The number of carbonyl (C=O) groups is 1. The molecule has 0 aliphatic rings. The van der Waals surface area contributed by atoms with Crippen LogP contribution in [0, 0.1) is 0 Å². The lowest BCUT2D eigenvalue weighted by Gasteiger charge is -2.10. The van der Waals surface area contributed by atoms with Crippen LogP contribution in [0.1, 0.15) is 42.8 Å². The fraction of sp³-hybridized carbons (Fsp3) is 0.471. The molecule has 0 fully saturated rings. The number of hydrogen-bond donors (Lipinski definition) is 1. The number of aromatic nitrogens is 2.